The van der Waals surface area contributed by atoms with Crippen LogP contribution in [0.5, 0.6) is 0 Å². The van der Waals surface area contributed by atoms with Crippen LogP contribution in [0.15, 0.2) is 18.2 Å². The number of carbonyl (C=O) groups excluding carboxylic acids is 2. The Labute approximate surface area is 114 Å². The molecular weight excluding hydrogens is 240 g/mol. The highest BCUT2D eigenvalue weighted by Gasteiger charge is 2.16. The molecule has 0 bridgehead atoms. The van der Waals surface area contributed by atoms with Crippen LogP contribution < -0.4 is 10.6 Å². The van der Waals surface area contributed by atoms with Gasteiger partial charge in [-0.25, -0.2) is 0 Å². The first kappa shape index (κ1) is 15.2. The fourth-order valence-electron chi connectivity index (χ4n) is 1.76. The molecule has 1 aromatic rings. The summed E-state index contributed by atoms with van der Waals surface area (Å²) in [6.45, 7) is 9.57. The van der Waals surface area contributed by atoms with Gasteiger partial charge >= 0.3 is 0 Å². The Hall–Kier alpha value is -1.84. The lowest BCUT2D eigenvalue weighted by Gasteiger charge is -2.20. The van der Waals surface area contributed by atoms with E-state index in [9.17, 15) is 9.59 Å². The maximum atomic E-state index is 11.8. The second kappa shape index (κ2) is 5.87. The van der Waals surface area contributed by atoms with Crippen molar-refractivity contribution in [1.29, 1.82) is 0 Å². The summed E-state index contributed by atoms with van der Waals surface area (Å²) in [5.74, 6) is -0.566. The largest absolute Gasteiger partial charge is 0.351 e. The van der Waals surface area contributed by atoms with Gasteiger partial charge in [-0.15, -0.1) is 0 Å². The minimum absolute atomic E-state index is 0.162. The molecule has 0 heterocycles. The summed E-state index contributed by atoms with van der Waals surface area (Å²) in [6.07, 6.45) is -0.162. The fraction of sp³-hybridized carbons (Fsp3) is 0.467. The van der Waals surface area contributed by atoms with Crippen molar-refractivity contribution in [3.63, 3.8) is 0 Å². The zero-order valence-corrected chi connectivity index (χ0v) is 12.3. The molecule has 0 aliphatic rings. The lowest BCUT2D eigenvalue weighted by molar-refractivity contribution is -0.127. The summed E-state index contributed by atoms with van der Waals surface area (Å²) < 4.78 is 0. The Bertz CT molecular complexity index is 487. The van der Waals surface area contributed by atoms with Gasteiger partial charge in [-0.2, -0.15) is 0 Å². The second-order valence-electron chi connectivity index (χ2n) is 5.84. The summed E-state index contributed by atoms with van der Waals surface area (Å²) in [4.78, 5) is 23.4. The van der Waals surface area contributed by atoms with Gasteiger partial charge in [-0.3, -0.25) is 9.59 Å². The predicted molar refractivity (Wildman–Crippen MR) is 77.1 cm³/mol. The van der Waals surface area contributed by atoms with Gasteiger partial charge in [-0.1, -0.05) is 17.7 Å². The zero-order chi connectivity index (χ0) is 14.6. The van der Waals surface area contributed by atoms with Gasteiger partial charge in [0.05, 0.1) is 0 Å². The molecule has 0 aliphatic carbocycles. The Morgan fingerprint density at radius 3 is 2.26 bits per heavy atom. The Kier molecular flexibility index (Phi) is 4.70. The predicted octanol–water partition coefficient (Wildman–Crippen LogP) is 2.55. The maximum absolute atomic E-state index is 11.8. The smallest absolute Gasteiger partial charge is 0.233 e. The Morgan fingerprint density at radius 2 is 1.74 bits per heavy atom. The van der Waals surface area contributed by atoms with E-state index in [1.807, 2.05) is 52.8 Å². The van der Waals surface area contributed by atoms with Gasteiger partial charge < -0.3 is 10.6 Å². The minimum Gasteiger partial charge on any atom is -0.351 e. The van der Waals surface area contributed by atoms with Crippen molar-refractivity contribution < 1.29 is 9.59 Å². The lowest BCUT2D eigenvalue weighted by atomic mass is 10.1. The van der Waals surface area contributed by atoms with E-state index in [0.717, 1.165) is 16.8 Å². The summed E-state index contributed by atoms with van der Waals surface area (Å²) >= 11 is 0. The Morgan fingerprint density at radius 1 is 1.11 bits per heavy atom. The van der Waals surface area contributed by atoms with Crippen molar-refractivity contribution >= 4 is 17.5 Å². The van der Waals surface area contributed by atoms with E-state index in [2.05, 4.69) is 10.6 Å². The van der Waals surface area contributed by atoms with E-state index in [1.165, 1.54) is 0 Å². The molecule has 4 heteroatoms. The van der Waals surface area contributed by atoms with Crippen LogP contribution in [0.1, 0.15) is 38.3 Å². The van der Waals surface area contributed by atoms with Crippen LogP contribution in [0, 0.1) is 13.8 Å². The van der Waals surface area contributed by atoms with Gasteiger partial charge in [-0.05, 0) is 46.2 Å². The minimum atomic E-state index is -0.322. The van der Waals surface area contributed by atoms with Crippen molar-refractivity contribution in [2.24, 2.45) is 0 Å². The number of rotatable bonds is 3. The van der Waals surface area contributed by atoms with Gasteiger partial charge in [0.15, 0.2) is 0 Å². The molecular formula is C15H22N2O2. The third kappa shape index (κ3) is 5.55. The summed E-state index contributed by atoms with van der Waals surface area (Å²) in [7, 11) is 0. The molecule has 0 radical (unpaired) electrons. The quantitative estimate of drug-likeness (QED) is 0.822. The molecule has 104 valence electrons. The highest BCUT2D eigenvalue weighted by atomic mass is 16.2. The number of aryl methyl sites for hydroxylation is 2. The molecule has 0 aromatic heterocycles. The van der Waals surface area contributed by atoms with Crippen LogP contribution in [0.25, 0.3) is 0 Å². The number of amides is 2. The molecule has 0 saturated heterocycles. The van der Waals surface area contributed by atoms with Gasteiger partial charge in [0, 0.05) is 11.2 Å². The number of hydrogen-bond acceptors (Lipinski definition) is 2. The van der Waals surface area contributed by atoms with E-state index in [4.69, 9.17) is 0 Å². The monoisotopic (exact) mass is 262 g/mol. The van der Waals surface area contributed by atoms with E-state index in [-0.39, 0.29) is 23.8 Å². The lowest BCUT2D eigenvalue weighted by Crippen LogP contribution is -2.41. The third-order valence-electron chi connectivity index (χ3n) is 2.49. The van der Waals surface area contributed by atoms with Crippen LogP contribution in [-0.2, 0) is 9.59 Å². The zero-order valence-electron chi connectivity index (χ0n) is 12.3. The molecule has 2 N–H and O–H groups in total. The summed E-state index contributed by atoms with van der Waals surface area (Å²) in [5.41, 5.74) is 2.56. The number of nitrogens with one attached hydrogen (secondary N) is 2. The molecule has 2 amide bonds. The van der Waals surface area contributed by atoms with Crippen molar-refractivity contribution in [1.82, 2.24) is 5.32 Å². The number of hydrogen-bond donors (Lipinski definition) is 2. The van der Waals surface area contributed by atoms with E-state index in [1.54, 1.807) is 0 Å². The maximum Gasteiger partial charge on any atom is 0.233 e. The van der Waals surface area contributed by atoms with Gasteiger partial charge in [0.25, 0.3) is 0 Å². The molecule has 19 heavy (non-hydrogen) atoms. The van der Waals surface area contributed by atoms with Crippen LogP contribution in [-0.4, -0.2) is 17.4 Å². The summed E-state index contributed by atoms with van der Waals surface area (Å²) in [5, 5.41) is 5.51. The normalized spacial score (nSPS) is 11.0. The first-order valence-corrected chi connectivity index (χ1v) is 6.35. The highest BCUT2D eigenvalue weighted by molar-refractivity contribution is 6.04. The Balaban J connectivity index is 2.58. The fourth-order valence-corrected chi connectivity index (χ4v) is 1.76. The molecule has 1 rings (SSSR count). The van der Waals surface area contributed by atoms with E-state index in [0.29, 0.717) is 0 Å². The average molecular weight is 262 g/mol. The second-order valence-corrected chi connectivity index (χ2v) is 5.84. The van der Waals surface area contributed by atoms with Crippen LogP contribution in [0.4, 0.5) is 5.69 Å². The number of benzene rings is 1. The molecule has 0 fully saturated rings. The molecule has 1 aromatic carbocycles. The topological polar surface area (TPSA) is 58.2 Å². The molecule has 0 unspecified atom stereocenters. The van der Waals surface area contributed by atoms with Crippen LogP contribution in [0.2, 0.25) is 0 Å². The highest BCUT2D eigenvalue weighted by Crippen LogP contribution is 2.16. The van der Waals surface area contributed by atoms with Gasteiger partial charge in [0.2, 0.25) is 11.8 Å². The third-order valence-corrected chi connectivity index (χ3v) is 2.49. The van der Waals surface area contributed by atoms with Crippen LogP contribution >= 0.6 is 0 Å². The van der Waals surface area contributed by atoms with Crippen molar-refractivity contribution in [3.8, 4) is 0 Å². The standard InChI is InChI=1S/C15H22N2O2/c1-10-6-7-12(11(2)8-10)16-13(18)9-14(19)17-15(3,4)5/h6-8H,9H2,1-5H3,(H,16,18)(H,17,19). The van der Waals surface area contributed by atoms with E-state index < -0.39 is 0 Å². The molecule has 4 nitrogen and oxygen atoms in total. The molecule has 0 saturated carbocycles. The van der Waals surface area contributed by atoms with Crippen LogP contribution in [0.3, 0.4) is 0 Å². The van der Waals surface area contributed by atoms with Crippen molar-refractivity contribution in [3.05, 3.63) is 29.3 Å². The molecule has 0 spiro atoms. The van der Waals surface area contributed by atoms with Crippen molar-refractivity contribution in [2.45, 2.75) is 46.6 Å². The molecule has 0 aliphatic heterocycles. The number of anilines is 1. The van der Waals surface area contributed by atoms with E-state index >= 15 is 0 Å². The summed E-state index contributed by atoms with van der Waals surface area (Å²) in [6, 6.07) is 5.77. The SMILES string of the molecule is Cc1ccc(NC(=O)CC(=O)NC(C)(C)C)c(C)c1. The number of carbonyl (C=O) groups is 2. The first-order chi connectivity index (χ1) is 8.67. The molecule has 0 atom stereocenters. The average Bonchev–Trinajstić information content (AvgIpc) is 2.19. The first-order valence-electron chi connectivity index (χ1n) is 6.35. The van der Waals surface area contributed by atoms with Crippen molar-refractivity contribution in [2.75, 3.05) is 5.32 Å². The van der Waals surface area contributed by atoms with Gasteiger partial charge in [0.1, 0.15) is 6.42 Å².